The smallest absolute Gasteiger partial charge is 0.343 e. The number of benzene rings is 4. The van der Waals surface area contributed by atoms with Crippen LogP contribution in [0.25, 0.3) is 0 Å². The van der Waals surface area contributed by atoms with Gasteiger partial charge in [-0.3, -0.25) is 4.79 Å². The highest BCUT2D eigenvalue weighted by Gasteiger charge is 2.15. The number of aryl methyl sites for hydroxylation is 1. The van der Waals surface area contributed by atoms with Crippen LogP contribution in [0.5, 0.6) is 11.5 Å². The Morgan fingerprint density at radius 1 is 0.722 bits per heavy atom. The summed E-state index contributed by atoms with van der Waals surface area (Å²) in [6, 6.07) is 28.7. The summed E-state index contributed by atoms with van der Waals surface area (Å²) in [7, 11) is 0. The Bertz CT molecular complexity index is 1420. The third-order valence-corrected chi connectivity index (χ3v) is 5.18. The molecule has 0 bridgehead atoms. The van der Waals surface area contributed by atoms with E-state index in [1.807, 2.05) is 19.1 Å². The van der Waals surface area contributed by atoms with Crippen LogP contribution in [0.2, 0.25) is 0 Å². The van der Waals surface area contributed by atoms with Gasteiger partial charge in [-0.1, -0.05) is 54.6 Å². The van der Waals surface area contributed by atoms with E-state index >= 15 is 0 Å². The van der Waals surface area contributed by atoms with Gasteiger partial charge in [-0.2, -0.15) is 5.10 Å². The number of hydrazone groups is 1. The van der Waals surface area contributed by atoms with Crippen molar-refractivity contribution in [1.29, 1.82) is 0 Å². The van der Waals surface area contributed by atoms with E-state index < -0.39 is 11.9 Å². The highest BCUT2D eigenvalue weighted by Crippen LogP contribution is 2.26. The van der Waals surface area contributed by atoms with Crippen LogP contribution < -0.4 is 14.9 Å². The van der Waals surface area contributed by atoms with Gasteiger partial charge in [0.05, 0.1) is 17.3 Å². The quantitative estimate of drug-likeness (QED) is 0.171. The molecule has 4 rings (SSSR count). The number of nitrogens with one attached hydrogen (secondary N) is 1. The molecule has 4 aromatic carbocycles. The van der Waals surface area contributed by atoms with Crippen LogP contribution >= 0.6 is 0 Å². The third-order valence-electron chi connectivity index (χ3n) is 5.18. The summed E-state index contributed by atoms with van der Waals surface area (Å²) in [4.78, 5) is 37.6. The van der Waals surface area contributed by atoms with Gasteiger partial charge in [-0.05, 0) is 55.0 Å². The Balaban J connectivity index is 1.56. The summed E-state index contributed by atoms with van der Waals surface area (Å²) in [6.45, 7) is 1.83. The normalized spacial score (nSPS) is 10.6. The van der Waals surface area contributed by atoms with E-state index in [4.69, 9.17) is 9.47 Å². The molecule has 7 heteroatoms. The van der Waals surface area contributed by atoms with Gasteiger partial charge in [0.15, 0.2) is 0 Å². The number of rotatable bonds is 7. The minimum absolute atomic E-state index is 0.108. The lowest BCUT2D eigenvalue weighted by atomic mass is 10.1. The van der Waals surface area contributed by atoms with E-state index in [1.54, 1.807) is 84.9 Å². The summed E-state index contributed by atoms with van der Waals surface area (Å²) in [5.41, 5.74) is 4.90. The number of amides is 1. The average molecular weight is 479 g/mol. The molecular formula is C29H22N2O5. The topological polar surface area (TPSA) is 94.1 Å². The summed E-state index contributed by atoms with van der Waals surface area (Å²) in [5, 5.41) is 4.01. The highest BCUT2D eigenvalue weighted by molar-refractivity contribution is 5.97. The summed E-state index contributed by atoms with van der Waals surface area (Å²) in [5.74, 6) is -1.24. The van der Waals surface area contributed by atoms with Crippen LogP contribution in [-0.4, -0.2) is 24.1 Å². The molecule has 0 radical (unpaired) electrons. The van der Waals surface area contributed by atoms with E-state index in [-0.39, 0.29) is 17.4 Å². The number of carbonyl (C=O) groups is 3. The Labute approximate surface area is 208 Å². The first-order chi connectivity index (χ1) is 17.5. The fraction of sp³-hybridized carbons (Fsp3) is 0.0345. The first-order valence-electron chi connectivity index (χ1n) is 11.1. The van der Waals surface area contributed by atoms with E-state index in [0.29, 0.717) is 22.3 Å². The zero-order chi connectivity index (χ0) is 25.3. The molecule has 0 atom stereocenters. The fourth-order valence-corrected chi connectivity index (χ4v) is 3.29. The average Bonchev–Trinajstić information content (AvgIpc) is 2.91. The number of hydrogen-bond acceptors (Lipinski definition) is 6. The number of carbonyl (C=O) groups excluding carboxylic acids is 3. The Morgan fingerprint density at radius 3 is 1.94 bits per heavy atom. The minimum Gasteiger partial charge on any atom is -0.423 e. The van der Waals surface area contributed by atoms with E-state index in [9.17, 15) is 14.4 Å². The maximum Gasteiger partial charge on any atom is 0.343 e. The molecule has 0 aliphatic heterocycles. The lowest BCUT2D eigenvalue weighted by molar-refractivity contribution is 0.0732. The Kier molecular flexibility index (Phi) is 7.63. The molecule has 4 aromatic rings. The maximum absolute atomic E-state index is 12.7. The fourth-order valence-electron chi connectivity index (χ4n) is 3.29. The van der Waals surface area contributed by atoms with E-state index in [2.05, 4.69) is 10.5 Å². The van der Waals surface area contributed by atoms with Crippen LogP contribution in [0.1, 0.15) is 42.2 Å². The van der Waals surface area contributed by atoms with Crippen molar-refractivity contribution in [3.63, 3.8) is 0 Å². The van der Waals surface area contributed by atoms with Gasteiger partial charge < -0.3 is 9.47 Å². The van der Waals surface area contributed by atoms with Gasteiger partial charge in [0, 0.05) is 17.2 Å². The molecule has 0 fully saturated rings. The van der Waals surface area contributed by atoms with Crippen molar-refractivity contribution in [3.05, 3.63) is 131 Å². The van der Waals surface area contributed by atoms with Crippen LogP contribution in [0.3, 0.4) is 0 Å². The van der Waals surface area contributed by atoms with Crippen molar-refractivity contribution < 1.29 is 23.9 Å². The number of hydrogen-bond donors (Lipinski definition) is 1. The molecule has 0 spiro atoms. The predicted octanol–water partition coefficient (Wildman–Crippen LogP) is 5.20. The molecule has 0 saturated carbocycles. The van der Waals surface area contributed by atoms with Crippen molar-refractivity contribution in [2.24, 2.45) is 5.10 Å². The van der Waals surface area contributed by atoms with Gasteiger partial charge in [0.25, 0.3) is 5.91 Å². The van der Waals surface area contributed by atoms with Gasteiger partial charge in [0.2, 0.25) is 0 Å². The summed E-state index contributed by atoms with van der Waals surface area (Å²) >= 11 is 0. The van der Waals surface area contributed by atoms with Crippen molar-refractivity contribution >= 4 is 24.1 Å². The lowest BCUT2D eigenvalue weighted by Gasteiger charge is -2.11. The number of esters is 2. The first kappa shape index (κ1) is 24.1. The Morgan fingerprint density at radius 2 is 1.31 bits per heavy atom. The molecular weight excluding hydrogens is 456 g/mol. The predicted molar refractivity (Wildman–Crippen MR) is 135 cm³/mol. The molecule has 0 saturated heterocycles. The lowest BCUT2D eigenvalue weighted by Crippen LogP contribution is -2.18. The second-order valence-corrected chi connectivity index (χ2v) is 7.72. The minimum atomic E-state index is -0.597. The summed E-state index contributed by atoms with van der Waals surface area (Å²) < 4.78 is 11.0. The first-order valence-corrected chi connectivity index (χ1v) is 11.1. The molecule has 0 heterocycles. The standard InChI is InChI=1S/C29H22N2O5/c1-20-10-8-9-15-25(20)27(32)31-30-19-23-16-17-24(35-28(33)21-11-4-2-5-12-21)18-26(23)36-29(34)22-13-6-3-7-14-22/h2-19H,1H3,(H,31,32). The van der Waals surface area contributed by atoms with Crippen LogP contribution in [0, 0.1) is 6.92 Å². The zero-order valence-corrected chi connectivity index (χ0v) is 19.4. The van der Waals surface area contributed by atoms with Crippen molar-refractivity contribution in [2.75, 3.05) is 0 Å². The third kappa shape index (κ3) is 6.09. The van der Waals surface area contributed by atoms with E-state index in [1.165, 1.54) is 12.3 Å². The molecule has 7 nitrogen and oxygen atoms in total. The monoisotopic (exact) mass is 478 g/mol. The Hall–Kier alpha value is -5.04. The van der Waals surface area contributed by atoms with Crippen LogP contribution in [0.15, 0.2) is 108 Å². The zero-order valence-electron chi connectivity index (χ0n) is 19.4. The number of nitrogens with zero attached hydrogens (tertiary/aromatic N) is 1. The van der Waals surface area contributed by atoms with Crippen LogP contribution in [-0.2, 0) is 0 Å². The second kappa shape index (κ2) is 11.4. The molecule has 36 heavy (non-hydrogen) atoms. The molecule has 1 N–H and O–H groups in total. The van der Waals surface area contributed by atoms with Gasteiger partial charge in [0.1, 0.15) is 11.5 Å². The SMILES string of the molecule is Cc1ccccc1C(=O)NN=Cc1ccc(OC(=O)c2ccccc2)cc1OC(=O)c1ccccc1. The van der Waals surface area contributed by atoms with Gasteiger partial charge in [-0.15, -0.1) is 0 Å². The van der Waals surface area contributed by atoms with Crippen molar-refractivity contribution in [1.82, 2.24) is 5.43 Å². The van der Waals surface area contributed by atoms with Crippen LogP contribution in [0.4, 0.5) is 0 Å². The van der Waals surface area contributed by atoms with Gasteiger partial charge >= 0.3 is 11.9 Å². The molecule has 0 aromatic heterocycles. The van der Waals surface area contributed by atoms with Crippen molar-refractivity contribution in [3.8, 4) is 11.5 Å². The molecule has 178 valence electrons. The molecule has 0 unspecified atom stereocenters. The van der Waals surface area contributed by atoms with Crippen molar-refractivity contribution in [2.45, 2.75) is 6.92 Å². The second-order valence-electron chi connectivity index (χ2n) is 7.72. The molecule has 1 amide bonds. The molecule has 0 aliphatic rings. The number of ether oxygens (including phenoxy) is 2. The van der Waals surface area contributed by atoms with E-state index in [0.717, 1.165) is 5.56 Å². The molecule has 0 aliphatic carbocycles. The maximum atomic E-state index is 12.7. The summed E-state index contributed by atoms with van der Waals surface area (Å²) in [6.07, 6.45) is 1.35. The van der Waals surface area contributed by atoms with Gasteiger partial charge in [-0.25, -0.2) is 15.0 Å². The highest BCUT2D eigenvalue weighted by atomic mass is 16.5. The largest absolute Gasteiger partial charge is 0.423 e.